The molecule has 0 amide bonds. The molecule has 2 unspecified atom stereocenters. The van der Waals surface area contributed by atoms with Crippen LogP contribution in [-0.4, -0.2) is 37.3 Å². The first-order valence-electron chi connectivity index (χ1n) is 7.27. The van der Waals surface area contributed by atoms with Crippen LogP contribution in [-0.2, 0) is 0 Å². The monoisotopic (exact) mass is 278 g/mol. The summed E-state index contributed by atoms with van der Waals surface area (Å²) in [4.78, 5) is 3.78. The molecular formula is C16H26N2S. The van der Waals surface area contributed by atoms with Gasteiger partial charge in [-0.25, -0.2) is 0 Å². The van der Waals surface area contributed by atoms with E-state index in [1.807, 2.05) is 0 Å². The van der Waals surface area contributed by atoms with Gasteiger partial charge in [0.25, 0.3) is 0 Å². The third-order valence-electron chi connectivity index (χ3n) is 4.05. The van der Waals surface area contributed by atoms with E-state index in [1.54, 1.807) is 11.8 Å². The van der Waals surface area contributed by atoms with Crippen molar-refractivity contribution in [3.8, 4) is 0 Å². The van der Waals surface area contributed by atoms with Crippen LogP contribution in [0.4, 0.5) is 0 Å². The van der Waals surface area contributed by atoms with Crippen molar-refractivity contribution in [2.45, 2.75) is 43.2 Å². The van der Waals surface area contributed by atoms with Gasteiger partial charge >= 0.3 is 0 Å². The van der Waals surface area contributed by atoms with Gasteiger partial charge in [-0.3, -0.25) is 0 Å². The highest BCUT2D eigenvalue weighted by molar-refractivity contribution is 7.98. The SMILES string of the molecule is CSc1ccc(C(C)NC2CCCN(C)CC2)cc1. The van der Waals surface area contributed by atoms with Crippen molar-refractivity contribution in [1.29, 1.82) is 0 Å². The van der Waals surface area contributed by atoms with Gasteiger partial charge in [0.15, 0.2) is 0 Å². The molecule has 19 heavy (non-hydrogen) atoms. The summed E-state index contributed by atoms with van der Waals surface area (Å²) in [5.74, 6) is 0. The van der Waals surface area contributed by atoms with E-state index in [0.29, 0.717) is 12.1 Å². The molecule has 2 atom stereocenters. The minimum atomic E-state index is 0.448. The van der Waals surface area contributed by atoms with Crippen LogP contribution >= 0.6 is 11.8 Å². The summed E-state index contributed by atoms with van der Waals surface area (Å²) in [5, 5.41) is 3.80. The van der Waals surface area contributed by atoms with Gasteiger partial charge in [-0.2, -0.15) is 0 Å². The highest BCUT2D eigenvalue weighted by Gasteiger charge is 2.17. The van der Waals surface area contributed by atoms with Gasteiger partial charge in [0.05, 0.1) is 0 Å². The lowest BCUT2D eigenvalue weighted by atomic mass is 10.0. The van der Waals surface area contributed by atoms with Gasteiger partial charge in [0.1, 0.15) is 0 Å². The number of likely N-dealkylation sites (tertiary alicyclic amines) is 1. The van der Waals surface area contributed by atoms with Crippen LogP contribution in [0.2, 0.25) is 0 Å². The molecule has 1 saturated heterocycles. The second kappa shape index (κ2) is 7.32. The lowest BCUT2D eigenvalue weighted by molar-refractivity contribution is 0.340. The number of nitrogens with zero attached hydrogens (tertiary/aromatic N) is 1. The fourth-order valence-corrected chi connectivity index (χ4v) is 3.16. The van der Waals surface area contributed by atoms with E-state index in [9.17, 15) is 0 Å². The Labute approximate surface area is 122 Å². The van der Waals surface area contributed by atoms with Crippen molar-refractivity contribution in [3.05, 3.63) is 29.8 Å². The maximum Gasteiger partial charge on any atom is 0.0294 e. The molecule has 0 spiro atoms. The molecule has 3 heteroatoms. The van der Waals surface area contributed by atoms with Crippen LogP contribution < -0.4 is 5.32 Å². The number of hydrogen-bond acceptors (Lipinski definition) is 3. The third-order valence-corrected chi connectivity index (χ3v) is 4.80. The molecule has 2 rings (SSSR count). The summed E-state index contributed by atoms with van der Waals surface area (Å²) in [6.07, 6.45) is 6.01. The van der Waals surface area contributed by atoms with E-state index in [-0.39, 0.29) is 0 Å². The second-order valence-electron chi connectivity index (χ2n) is 5.59. The quantitative estimate of drug-likeness (QED) is 0.848. The van der Waals surface area contributed by atoms with Crippen molar-refractivity contribution >= 4 is 11.8 Å². The summed E-state index contributed by atoms with van der Waals surface area (Å²) in [5.41, 5.74) is 1.40. The van der Waals surface area contributed by atoms with Crippen LogP contribution in [0.25, 0.3) is 0 Å². The van der Waals surface area contributed by atoms with E-state index in [0.717, 1.165) is 0 Å². The molecule has 1 fully saturated rings. The molecule has 1 heterocycles. The first kappa shape index (κ1) is 14.9. The van der Waals surface area contributed by atoms with E-state index >= 15 is 0 Å². The van der Waals surface area contributed by atoms with E-state index in [1.165, 1.54) is 42.8 Å². The van der Waals surface area contributed by atoms with Crippen molar-refractivity contribution < 1.29 is 0 Å². The Balaban J connectivity index is 1.90. The zero-order valence-electron chi connectivity index (χ0n) is 12.4. The molecule has 0 aromatic heterocycles. The standard InChI is InChI=1S/C16H26N2S/c1-13(14-6-8-16(19-3)9-7-14)17-15-5-4-11-18(2)12-10-15/h6-9,13,15,17H,4-5,10-12H2,1-3H3. The Kier molecular flexibility index (Phi) is 5.74. The largest absolute Gasteiger partial charge is 0.307 e. The predicted molar refractivity (Wildman–Crippen MR) is 84.9 cm³/mol. The Morgan fingerprint density at radius 2 is 1.95 bits per heavy atom. The average molecular weight is 278 g/mol. The van der Waals surface area contributed by atoms with Crippen LogP contribution in [0.5, 0.6) is 0 Å². The highest BCUT2D eigenvalue weighted by Crippen LogP contribution is 2.20. The van der Waals surface area contributed by atoms with Gasteiger partial charge < -0.3 is 10.2 Å². The molecule has 1 aliphatic heterocycles. The van der Waals surface area contributed by atoms with E-state index in [2.05, 4.69) is 54.7 Å². The smallest absolute Gasteiger partial charge is 0.0294 e. The summed E-state index contributed by atoms with van der Waals surface area (Å²) < 4.78 is 0. The summed E-state index contributed by atoms with van der Waals surface area (Å²) in [6.45, 7) is 4.74. The van der Waals surface area contributed by atoms with Crippen molar-refractivity contribution in [2.75, 3.05) is 26.4 Å². The minimum Gasteiger partial charge on any atom is -0.307 e. The Hall–Kier alpha value is -0.510. The van der Waals surface area contributed by atoms with Crippen molar-refractivity contribution in [3.63, 3.8) is 0 Å². The van der Waals surface area contributed by atoms with E-state index in [4.69, 9.17) is 0 Å². The number of hydrogen-bond donors (Lipinski definition) is 1. The molecule has 0 saturated carbocycles. The molecule has 1 aromatic rings. The summed E-state index contributed by atoms with van der Waals surface area (Å²) in [6, 6.07) is 10.1. The lowest BCUT2D eigenvalue weighted by Crippen LogP contribution is -2.32. The normalized spacial score (nSPS) is 23.0. The van der Waals surface area contributed by atoms with Crippen molar-refractivity contribution in [1.82, 2.24) is 10.2 Å². The van der Waals surface area contributed by atoms with Crippen LogP contribution in [0.3, 0.4) is 0 Å². The molecule has 1 N–H and O–H groups in total. The number of thioether (sulfide) groups is 1. The third kappa shape index (κ3) is 4.51. The maximum atomic E-state index is 3.80. The Morgan fingerprint density at radius 1 is 1.21 bits per heavy atom. The predicted octanol–water partition coefficient (Wildman–Crippen LogP) is 3.54. The van der Waals surface area contributed by atoms with Crippen LogP contribution in [0, 0.1) is 0 Å². The lowest BCUT2D eigenvalue weighted by Gasteiger charge is -2.22. The first-order valence-corrected chi connectivity index (χ1v) is 8.50. The van der Waals surface area contributed by atoms with Gasteiger partial charge in [-0.05, 0) is 70.3 Å². The van der Waals surface area contributed by atoms with Gasteiger partial charge in [-0.15, -0.1) is 11.8 Å². The fraction of sp³-hybridized carbons (Fsp3) is 0.625. The molecule has 2 nitrogen and oxygen atoms in total. The first-order chi connectivity index (χ1) is 9.19. The van der Waals surface area contributed by atoms with Crippen LogP contribution in [0.15, 0.2) is 29.2 Å². The molecular weight excluding hydrogens is 252 g/mol. The number of nitrogens with one attached hydrogen (secondary N) is 1. The molecule has 106 valence electrons. The molecule has 1 aromatic carbocycles. The topological polar surface area (TPSA) is 15.3 Å². The highest BCUT2D eigenvalue weighted by atomic mass is 32.2. The maximum absolute atomic E-state index is 3.80. The fourth-order valence-electron chi connectivity index (χ4n) is 2.75. The average Bonchev–Trinajstić information content (AvgIpc) is 2.64. The van der Waals surface area contributed by atoms with Gasteiger partial charge in [-0.1, -0.05) is 12.1 Å². The van der Waals surface area contributed by atoms with Crippen molar-refractivity contribution in [2.24, 2.45) is 0 Å². The number of rotatable bonds is 4. The number of benzene rings is 1. The zero-order chi connectivity index (χ0) is 13.7. The van der Waals surface area contributed by atoms with Crippen LogP contribution in [0.1, 0.15) is 37.8 Å². The Bertz CT molecular complexity index is 377. The molecule has 0 radical (unpaired) electrons. The molecule has 0 bridgehead atoms. The zero-order valence-corrected chi connectivity index (χ0v) is 13.2. The Morgan fingerprint density at radius 3 is 2.63 bits per heavy atom. The van der Waals surface area contributed by atoms with E-state index < -0.39 is 0 Å². The minimum absolute atomic E-state index is 0.448. The molecule has 1 aliphatic rings. The van der Waals surface area contributed by atoms with Gasteiger partial charge in [0, 0.05) is 17.0 Å². The van der Waals surface area contributed by atoms with Gasteiger partial charge in [0.2, 0.25) is 0 Å². The second-order valence-corrected chi connectivity index (χ2v) is 6.47. The summed E-state index contributed by atoms with van der Waals surface area (Å²) in [7, 11) is 2.23. The molecule has 0 aliphatic carbocycles. The summed E-state index contributed by atoms with van der Waals surface area (Å²) >= 11 is 1.80.